The van der Waals surface area contributed by atoms with Gasteiger partial charge in [-0.15, -0.1) is 0 Å². The van der Waals surface area contributed by atoms with Gasteiger partial charge in [0.1, 0.15) is 0 Å². The van der Waals surface area contributed by atoms with Crippen molar-refractivity contribution in [3.05, 3.63) is 71.8 Å². The minimum atomic E-state index is -3.87. The molecule has 1 aliphatic rings. The SMILES string of the molecule is Cc1ccccc1C(=O)Nc1cccc2c(S(=O)(=O)N[C@@H]3CCN(C(=O)[C@H](C)N)C[C@H]3C)cccc12. The Morgan fingerprint density at radius 1 is 1.03 bits per heavy atom. The number of hydrogen-bond donors (Lipinski definition) is 3. The molecular formula is C27H32N4O4S. The van der Waals surface area contributed by atoms with Crippen LogP contribution in [0.15, 0.2) is 65.6 Å². The van der Waals surface area contributed by atoms with Crippen molar-refractivity contribution in [2.45, 2.75) is 44.2 Å². The molecule has 4 N–H and O–H groups in total. The summed E-state index contributed by atoms with van der Waals surface area (Å²) in [7, 11) is -3.87. The van der Waals surface area contributed by atoms with E-state index in [4.69, 9.17) is 5.73 Å². The third-order valence-electron chi connectivity index (χ3n) is 6.72. The number of anilines is 1. The average molecular weight is 509 g/mol. The van der Waals surface area contributed by atoms with Gasteiger partial charge in [-0.05, 0) is 49.9 Å². The summed E-state index contributed by atoms with van der Waals surface area (Å²) in [5.74, 6) is -0.457. The Balaban J connectivity index is 1.58. The van der Waals surface area contributed by atoms with Crippen LogP contribution in [-0.4, -0.2) is 50.3 Å². The van der Waals surface area contributed by atoms with Crippen molar-refractivity contribution >= 4 is 38.3 Å². The van der Waals surface area contributed by atoms with Gasteiger partial charge in [0.25, 0.3) is 5.91 Å². The fraction of sp³-hybridized carbons (Fsp3) is 0.333. The van der Waals surface area contributed by atoms with Gasteiger partial charge in [-0.2, -0.15) is 0 Å². The van der Waals surface area contributed by atoms with Crippen LogP contribution < -0.4 is 15.8 Å². The second kappa shape index (κ2) is 10.4. The fourth-order valence-electron chi connectivity index (χ4n) is 4.71. The van der Waals surface area contributed by atoms with E-state index in [0.717, 1.165) is 5.56 Å². The van der Waals surface area contributed by atoms with Gasteiger partial charge < -0.3 is 16.0 Å². The van der Waals surface area contributed by atoms with Gasteiger partial charge >= 0.3 is 0 Å². The molecule has 36 heavy (non-hydrogen) atoms. The summed E-state index contributed by atoms with van der Waals surface area (Å²) in [5, 5.41) is 4.08. The molecule has 1 aliphatic heterocycles. The number of nitrogens with zero attached hydrogens (tertiary/aromatic N) is 1. The Hall–Kier alpha value is -3.27. The highest BCUT2D eigenvalue weighted by atomic mass is 32.2. The quantitative estimate of drug-likeness (QED) is 0.472. The first kappa shape index (κ1) is 25.8. The Labute approximate surface area is 211 Å². The lowest BCUT2D eigenvalue weighted by molar-refractivity contribution is -0.134. The van der Waals surface area contributed by atoms with Crippen molar-refractivity contribution in [2.24, 2.45) is 11.7 Å². The summed E-state index contributed by atoms with van der Waals surface area (Å²) >= 11 is 0. The minimum Gasteiger partial charge on any atom is -0.341 e. The lowest BCUT2D eigenvalue weighted by atomic mass is 9.94. The van der Waals surface area contributed by atoms with Gasteiger partial charge in [0.2, 0.25) is 15.9 Å². The maximum atomic E-state index is 13.5. The Kier molecular flexibility index (Phi) is 7.44. The predicted molar refractivity (Wildman–Crippen MR) is 141 cm³/mol. The molecule has 0 spiro atoms. The zero-order valence-electron chi connectivity index (χ0n) is 20.7. The number of piperidine rings is 1. The van der Waals surface area contributed by atoms with Crippen LogP contribution in [0.25, 0.3) is 10.8 Å². The number of fused-ring (bicyclic) bond motifs is 1. The molecular weight excluding hydrogens is 476 g/mol. The van der Waals surface area contributed by atoms with E-state index < -0.39 is 16.1 Å². The van der Waals surface area contributed by atoms with E-state index in [0.29, 0.717) is 41.5 Å². The number of amides is 2. The van der Waals surface area contributed by atoms with Crippen LogP contribution in [0, 0.1) is 12.8 Å². The first-order valence-electron chi connectivity index (χ1n) is 12.0. The molecule has 9 heteroatoms. The van der Waals surface area contributed by atoms with Gasteiger partial charge in [0.05, 0.1) is 10.9 Å². The number of aryl methyl sites for hydroxylation is 1. The highest BCUT2D eigenvalue weighted by Crippen LogP contribution is 2.30. The first-order chi connectivity index (χ1) is 17.1. The minimum absolute atomic E-state index is 0.0739. The second-order valence-electron chi connectivity index (χ2n) is 9.49. The molecule has 3 aromatic rings. The lowest BCUT2D eigenvalue weighted by Gasteiger charge is -2.37. The summed E-state index contributed by atoms with van der Waals surface area (Å²) in [6.45, 7) is 6.34. The molecule has 3 atom stereocenters. The second-order valence-corrected chi connectivity index (χ2v) is 11.2. The van der Waals surface area contributed by atoms with Crippen LogP contribution in [0.4, 0.5) is 5.69 Å². The van der Waals surface area contributed by atoms with Gasteiger partial charge in [0, 0.05) is 41.2 Å². The molecule has 1 saturated heterocycles. The smallest absolute Gasteiger partial charge is 0.255 e. The normalized spacial score (nSPS) is 19.2. The Morgan fingerprint density at radius 2 is 1.72 bits per heavy atom. The molecule has 8 nitrogen and oxygen atoms in total. The highest BCUT2D eigenvalue weighted by molar-refractivity contribution is 7.89. The number of carbonyl (C=O) groups excluding carboxylic acids is 2. The topological polar surface area (TPSA) is 122 Å². The van der Waals surface area contributed by atoms with Crippen molar-refractivity contribution in [1.29, 1.82) is 0 Å². The number of benzene rings is 3. The van der Waals surface area contributed by atoms with E-state index in [2.05, 4.69) is 10.0 Å². The third-order valence-corrected chi connectivity index (χ3v) is 8.27. The van der Waals surface area contributed by atoms with Crippen LogP contribution >= 0.6 is 0 Å². The predicted octanol–water partition coefficient (Wildman–Crippen LogP) is 3.26. The molecule has 0 saturated carbocycles. The third kappa shape index (κ3) is 5.28. The molecule has 0 aromatic heterocycles. The number of rotatable bonds is 6. The van der Waals surface area contributed by atoms with Crippen LogP contribution in [0.5, 0.6) is 0 Å². The monoisotopic (exact) mass is 508 g/mol. The molecule has 1 heterocycles. The summed E-state index contributed by atoms with van der Waals surface area (Å²) in [4.78, 5) is 27.0. The molecule has 0 bridgehead atoms. The summed E-state index contributed by atoms with van der Waals surface area (Å²) in [6, 6.07) is 16.7. The summed E-state index contributed by atoms with van der Waals surface area (Å²) in [6.07, 6.45) is 0.501. The molecule has 0 aliphatic carbocycles. The number of sulfonamides is 1. The number of carbonyl (C=O) groups is 2. The van der Waals surface area contributed by atoms with Gasteiger partial charge in [-0.25, -0.2) is 13.1 Å². The molecule has 2 amide bonds. The summed E-state index contributed by atoms with van der Waals surface area (Å²) in [5.41, 5.74) is 7.68. The maximum Gasteiger partial charge on any atom is 0.255 e. The van der Waals surface area contributed by atoms with Crippen molar-refractivity contribution < 1.29 is 18.0 Å². The van der Waals surface area contributed by atoms with Crippen LogP contribution in [-0.2, 0) is 14.8 Å². The van der Waals surface area contributed by atoms with E-state index in [1.54, 1.807) is 60.4 Å². The lowest BCUT2D eigenvalue weighted by Crippen LogP contribution is -2.54. The van der Waals surface area contributed by atoms with Crippen LogP contribution in [0.2, 0.25) is 0 Å². The van der Waals surface area contributed by atoms with E-state index in [9.17, 15) is 18.0 Å². The molecule has 0 radical (unpaired) electrons. The summed E-state index contributed by atoms with van der Waals surface area (Å²) < 4.78 is 29.8. The van der Waals surface area contributed by atoms with E-state index in [-0.39, 0.29) is 28.7 Å². The van der Waals surface area contributed by atoms with Crippen molar-refractivity contribution in [1.82, 2.24) is 9.62 Å². The standard InChI is InChI=1S/C27H32N4O4S/c1-17-8-4-5-9-20(17)26(32)29-24-12-6-11-22-21(24)10-7-13-25(22)36(34,35)30-23-14-15-31(16-18(23)2)27(33)19(3)28/h4-13,18-19,23,30H,14-16,28H2,1-3H3,(H,29,32)/t18-,19+,23-/m1/s1. The highest BCUT2D eigenvalue weighted by Gasteiger charge is 2.33. The van der Waals surface area contributed by atoms with Crippen molar-refractivity contribution in [2.75, 3.05) is 18.4 Å². The molecule has 0 unspecified atom stereocenters. The molecule has 190 valence electrons. The average Bonchev–Trinajstić information content (AvgIpc) is 2.84. The maximum absolute atomic E-state index is 13.5. The van der Waals surface area contributed by atoms with Gasteiger partial charge in [0.15, 0.2) is 0 Å². The zero-order chi connectivity index (χ0) is 26.0. The van der Waals surface area contributed by atoms with Crippen LogP contribution in [0.1, 0.15) is 36.2 Å². The van der Waals surface area contributed by atoms with Gasteiger partial charge in [-0.1, -0.05) is 49.4 Å². The van der Waals surface area contributed by atoms with Crippen LogP contribution in [0.3, 0.4) is 0 Å². The zero-order valence-corrected chi connectivity index (χ0v) is 21.5. The number of likely N-dealkylation sites (tertiary alicyclic amines) is 1. The molecule has 1 fully saturated rings. The number of nitrogens with one attached hydrogen (secondary N) is 2. The van der Waals surface area contributed by atoms with Crippen molar-refractivity contribution in [3.8, 4) is 0 Å². The molecule has 4 rings (SSSR count). The van der Waals surface area contributed by atoms with E-state index >= 15 is 0 Å². The Bertz CT molecular complexity index is 1400. The van der Waals surface area contributed by atoms with E-state index in [1.165, 1.54) is 0 Å². The van der Waals surface area contributed by atoms with E-state index in [1.807, 2.05) is 26.0 Å². The Morgan fingerprint density at radius 3 is 2.42 bits per heavy atom. The largest absolute Gasteiger partial charge is 0.341 e. The first-order valence-corrected chi connectivity index (χ1v) is 13.5. The number of nitrogens with two attached hydrogens (primary N) is 1. The number of hydrogen-bond acceptors (Lipinski definition) is 5. The fourth-order valence-corrected chi connectivity index (χ4v) is 6.31. The van der Waals surface area contributed by atoms with Crippen molar-refractivity contribution in [3.63, 3.8) is 0 Å². The van der Waals surface area contributed by atoms with Gasteiger partial charge in [-0.3, -0.25) is 9.59 Å². The molecule has 3 aromatic carbocycles.